The number of carboxylic acids is 1. The van der Waals surface area contributed by atoms with Crippen LogP contribution in [0, 0.1) is 0 Å². The number of fused-ring (bicyclic) bond motifs is 1. The molecular weight excluding hydrogens is 290 g/mol. The second-order valence-electron chi connectivity index (χ2n) is 5.52. The van der Waals surface area contributed by atoms with Crippen molar-refractivity contribution in [2.75, 3.05) is 0 Å². The molecule has 0 aromatic heterocycles. The molecule has 122 valence electrons. The van der Waals surface area contributed by atoms with Crippen molar-refractivity contribution < 1.29 is 14.6 Å². The van der Waals surface area contributed by atoms with Crippen LogP contribution >= 0.6 is 0 Å². The van der Waals surface area contributed by atoms with E-state index in [2.05, 4.69) is 19.1 Å². The van der Waals surface area contributed by atoms with Crippen LogP contribution in [0.5, 0.6) is 5.75 Å². The predicted molar refractivity (Wildman–Crippen MR) is 90.5 cm³/mol. The maximum Gasteiger partial charge on any atom is 0.344 e. The van der Waals surface area contributed by atoms with E-state index in [4.69, 9.17) is 15.6 Å². The zero-order chi connectivity index (χ0) is 16.7. The smallest absolute Gasteiger partial charge is 0.344 e. The van der Waals surface area contributed by atoms with Crippen molar-refractivity contribution >= 4 is 5.97 Å². The van der Waals surface area contributed by atoms with Gasteiger partial charge in [-0.15, -0.1) is 0 Å². The lowest BCUT2D eigenvalue weighted by atomic mass is 10.0. The van der Waals surface area contributed by atoms with Gasteiger partial charge in [0, 0.05) is 6.04 Å². The molecule has 0 spiro atoms. The quantitative estimate of drug-likeness (QED) is 0.908. The molecule has 1 heterocycles. The minimum Gasteiger partial charge on any atom is -0.479 e. The highest BCUT2D eigenvalue weighted by atomic mass is 16.5. The Morgan fingerprint density at radius 3 is 2.52 bits per heavy atom. The highest BCUT2D eigenvalue weighted by Gasteiger charge is 2.24. The number of hydrogen-bond donors (Lipinski definition) is 2. The van der Waals surface area contributed by atoms with Crippen molar-refractivity contribution in [3.8, 4) is 5.75 Å². The molecule has 0 fully saturated rings. The van der Waals surface area contributed by atoms with Crippen molar-refractivity contribution in [1.29, 1.82) is 0 Å². The van der Waals surface area contributed by atoms with E-state index < -0.39 is 12.1 Å². The van der Waals surface area contributed by atoms with E-state index in [1.807, 2.05) is 42.5 Å². The van der Waals surface area contributed by atoms with Gasteiger partial charge in [0.15, 0.2) is 6.10 Å². The second kappa shape index (κ2) is 8.34. The summed E-state index contributed by atoms with van der Waals surface area (Å²) in [6, 6.07) is 17.9. The largest absolute Gasteiger partial charge is 0.479 e. The number of carboxylic acid groups (broad SMARTS) is 1. The summed E-state index contributed by atoms with van der Waals surface area (Å²) in [5.41, 5.74) is 8.12. The number of rotatable bonds is 3. The highest BCUT2D eigenvalue weighted by molar-refractivity contribution is 5.73. The molecule has 2 aromatic carbocycles. The maximum absolute atomic E-state index is 10.6. The molecule has 0 saturated heterocycles. The molecular formula is C19H23NO3. The lowest BCUT2D eigenvalue weighted by Crippen LogP contribution is -2.30. The Balaban J connectivity index is 0.000000174. The molecule has 3 rings (SSSR count). The third kappa shape index (κ3) is 4.83. The SMILES string of the molecule is CC[C@H](N)c1ccccc1.O=C(O)C1CCc2ccccc2O1. The summed E-state index contributed by atoms with van der Waals surface area (Å²) < 4.78 is 5.29. The number of carbonyl (C=O) groups is 1. The first kappa shape index (κ1) is 17.0. The lowest BCUT2D eigenvalue weighted by Gasteiger charge is -2.22. The van der Waals surface area contributed by atoms with Crippen molar-refractivity contribution in [2.24, 2.45) is 5.73 Å². The predicted octanol–water partition coefficient (Wildman–Crippen LogP) is 3.56. The normalized spacial score (nSPS) is 17.0. The molecule has 2 aromatic rings. The van der Waals surface area contributed by atoms with E-state index in [0.29, 0.717) is 12.2 Å². The van der Waals surface area contributed by atoms with Gasteiger partial charge in [-0.05, 0) is 36.5 Å². The highest BCUT2D eigenvalue weighted by Crippen LogP contribution is 2.26. The summed E-state index contributed by atoms with van der Waals surface area (Å²) in [5.74, 6) is -0.171. The summed E-state index contributed by atoms with van der Waals surface area (Å²) in [6.45, 7) is 2.09. The fourth-order valence-electron chi connectivity index (χ4n) is 2.43. The van der Waals surface area contributed by atoms with E-state index in [1.54, 1.807) is 0 Å². The van der Waals surface area contributed by atoms with E-state index in [0.717, 1.165) is 18.4 Å². The number of ether oxygens (including phenoxy) is 1. The third-order valence-electron chi connectivity index (χ3n) is 3.86. The van der Waals surface area contributed by atoms with Gasteiger partial charge in [-0.3, -0.25) is 0 Å². The minimum atomic E-state index is -0.880. The van der Waals surface area contributed by atoms with Crippen LogP contribution in [0.15, 0.2) is 54.6 Å². The molecule has 1 aliphatic heterocycles. The summed E-state index contributed by atoms with van der Waals surface area (Å²) in [5, 5.41) is 8.74. The van der Waals surface area contributed by atoms with Crippen LogP contribution in [0.1, 0.15) is 36.9 Å². The standard InChI is InChI=1S/C10H10O3.C9H13N/c11-10(12)9-6-5-7-3-1-2-4-8(7)13-9;1-2-9(10)8-6-4-3-5-7-8/h1-4,9H,5-6H2,(H,11,12);3-7,9H,2,10H2,1H3/t;9-/m.0/s1. The van der Waals surface area contributed by atoms with Crippen LogP contribution < -0.4 is 10.5 Å². The van der Waals surface area contributed by atoms with Gasteiger partial charge in [-0.2, -0.15) is 0 Å². The first-order valence-electron chi connectivity index (χ1n) is 7.89. The van der Waals surface area contributed by atoms with Gasteiger partial charge in [0.25, 0.3) is 0 Å². The number of para-hydroxylation sites is 1. The molecule has 4 nitrogen and oxygen atoms in total. The van der Waals surface area contributed by atoms with Crippen LogP contribution in [-0.2, 0) is 11.2 Å². The average Bonchev–Trinajstić information content (AvgIpc) is 2.62. The molecule has 0 saturated carbocycles. The topological polar surface area (TPSA) is 72.6 Å². The molecule has 23 heavy (non-hydrogen) atoms. The van der Waals surface area contributed by atoms with Crippen LogP contribution in [-0.4, -0.2) is 17.2 Å². The van der Waals surface area contributed by atoms with E-state index in [1.165, 1.54) is 5.56 Å². The monoisotopic (exact) mass is 313 g/mol. The zero-order valence-corrected chi connectivity index (χ0v) is 13.3. The molecule has 2 atom stereocenters. The third-order valence-corrected chi connectivity index (χ3v) is 3.86. The minimum absolute atomic E-state index is 0.209. The molecule has 0 amide bonds. The van der Waals surface area contributed by atoms with Crippen molar-refractivity contribution in [3.05, 3.63) is 65.7 Å². The molecule has 3 N–H and O–H groups in total. The lowest BCUT2D eigenvalue weighted by molar-refractivity contribution is -0.145. The van der Waals surface area contributed by atoms with Crippen molar-refractivity contribution in [2.45, 2.75) is 38.3 Å². The summed E-state index contributed by atoms with van der Waals surface area (Å²) in [7, 11) is 0. The van der Waals surface area contributed by atoms with Crippen molar-refractivity contribution in [3.63, 3.8) is 0 Å². The first-order chi connectivity index (χ1) is 11.1. The van der Waals surface area contributed by atoms with Gasteiger partial charge in [-0.25, -0.2) is 4.79 Å². The van der Waals surface area contributed by atoms with E-state index in [-0.39, 0.29) is 6.04 Å². The van der Waals surface area contributed by atoms with Crippen LogP contribution in [0.4, 0.5) is 0 Å². The van der Waals surface area contributed by atoms with Crippen molar-refractivity contribution in [1.82, 2.24) is 0 Å². The van der Waals surface area contributed by atoms with Gasteiger partial charge < -0.3 is 15.6 Å². The number of hydrogen-bond acceptors (Lipinski definition) is 3. The molecule has 4 heteroatoms. The molecule has 0 radical (unpaired) electrons. The Morgan fingerprint density at radius 1 is 1.22 bits per heavy atom. The maximum atomic E-state index is 10.6. The number of benzene rings is 2. The number of aryl methyl sites for hydroxylation is 1. The second-order valence-corrected chi connectivity index (χ2v) is 5.52. The zero-order valence-electron chi connectivity index (χ0n) is 13.3. The summed E-state index contributed by atoms with van der Waals surface area (Å²) in [4.78, 5) is 10.6. The Hall–Kier alpha value is -2.33. The number of nitrogens with two attached hydrogens (primary N) is 1. The fourth-order valence-corrected chi connectivity index (χ4v) is 2.43. The van der Waals surface area contributed by atoms with E-state index in [9.17, 15) is 4.79 Å². The van der Waals surface area contributed by atoms with Gasteiger partial charge in [0.05, 0.1) is 0 Å². The van der Waals surface area contributed by atoms with Gasteiger partial charge in [0.1, 0.15) is 5.75 Å². The number of aliphatic carboxylic acids is 1. The summed E-state index contributed by atoms with van der Waals surface area (Å²) >= 11 is 0. The Bertz CT molecular complexity index is 628. The fraction of sp³-hybridized carbons (Fsp3) is 0.316. The Labute approximate surface area is 136 Å². The van der Waals surface area contributed by atoms with Crippen LogP contribution in [0.2, 0.25) is 0 Å². The molecule has 1 unspecified atom stereocenters. The average molecular weight is 313 g/mol. The van der Waals surface area contributed by atoms with Gasteiger partial charge >= 0.3 is 5.97 Å². The van der Waals surface area contributed by atoms with E-state index >= 15 is 0 Å². The van der Waals surface area contributed by atoms with Crippen LogP contribution in [0.3, 0.4) is 0 Å². The Morgan fingerprint density at radius 2 is 1.87 bits per heavy atom. The van der Waals surface area contributed by atoms with Crippen LogP contribution in [0.25, 0.3) is 0 Å². The Kier molecular flexibility index (Phi) is 6.18. The molecule has 0 bridgehead atoms. The first-order valence-corrected chi connectivity index (χ1v) is 7.89. The molecule has 0 aliphatic carbocycles. The van der Waals surface area contributed by atoms with Gasteiger partial charge in [-0.1, -0.05) is 55.5 Å². The van der Waals surface area contributed by atoms with Gasteiger partial charge in [0.2, 0.25) is 0 Å². The summed E-state index contributed by atoms with van der Waals surface area (Å²) in [6.07, 6.45) is 1.68. The molecule has 1 aliphatic rings.